The first-order chi connectivity index (χ1) is 10.5. The average Bonchev–Trinajstić information content (AvgIpc) is 3.09. The molecule has 0 N–H and O–H groups in total. The summed E-state index contributed by atoms with van der Waals surface area (Å²) in [5, 5.41) is 2.17. The summed E-state index contributed by atoms with van der Waals surface area (Å²) in [5.74, 6) is 0. The van der Waals surface area contributed by atoms with Gasteiger partial charge >= 0.3 is 0 Å². The quantitative estimate of drug-likeness (QED) is 0.736. The minimum absolute atomic E-state index is 0.0899. The molecule has 2 nitrogen and oxygen atoms in total. The molecule has 0 radical (unpaired) electrons. The van der Waals surface area contributed by atoms with Gasteiger partial charge in [0.15, 0.2) is 8.32 Å². The Morgan fingerprint density at radius 1 is 1.14 bits per heavy atom. The topological polar surface area (TPSA) is 12.5 Å². The fourth-order valence-electron chi connectivity index (χ4n) is 3.29. The fourth-order valence-corrected chi connectivity index (χ4v) is 5.70. The van der Waals surface area contributed by atoms with Crippen LogP contribution in [0.15, 0.2) is 47.8 Å². The van der Waals surface area contributed by atoms with Crippen molar-refractivity contribution >= 4 is 19.7 Å². The van der Waals surface area contributed by atoms with Gasteiger partial charge in [0.05, 0.1) is 0 Å². The summed E-state index contributed by atoms with van der Waals surface area (Å²) in [6.07, 6.45) is 1.10. The Morgan fingerprint density at radius 3 is 2.55 bits per heavy atom. The van der Waals surface area contributed by atoms with Gasteiger partial charge in [-0.25, -0.2) is 0 Å². The van der Waals surface area contributed by atoms with Crippen LogP contribution in [0.1, 0.15) is 16.9 Å². The maximum absolute atomic E-state index is 6.71. The van der Waals surface area contributed by atoms with E-state index in [1.54, 1.807) is 0 Å². The lowest BCUT2D eigenvalue weighted by Gasteiger charge is -2.35. The molecule has 1 fully saturated rings. The van der Waals surface area contributed by atoms with Crippen molar-refractivity contribution in [2.45, 2.75) is 38.2 Å². The van der Waals surface area contributed by atoms with Gasteiger partial charge in [0.2, 0.25) is 0 Å². The van der Waals surface area contributed by atoms with E-state index in [0.717, 1.165) is 26.1 Å². The summed E-state index contributed by atoms with van der Waals surface area (Å²) in [6, 6.07) is 15.1. The smallest absolute Gasteiger partial charge is 0.185 e. The van der Waals surface area contributed by atoms with E-state index in [9.17, 15) is 0 Å². The lowest BCUT2D eigenvalue weighted by molar-refractivity contribution is 0.0690. The SMILES string of the molecule is C[Si](C)(C)OC1(c2cccs2)CCN(Cc2ccccc2)C1. The zero-order valence-electron chi connectivity index (χ0n) is 13.7. The van der Waals surface area contributed by atoms with E-state index < -0.39 is 8.32 Å². The van der Waals surface area contributed by atoms with E-state index in [1.807, 2.05) is 11.3 Å². The molecule has 1 aliphatic heterocycles. The molecule has 0 spiro atoms. The second-order valence-electron chi connectivity index (χ2n) is 7.13. The maximum atomic E-state index is 6.71. The highest BCUT2D eigenvalue weighted by Gasteiger charge is 2.44. The van der Waals surface area contributed by atoms with Crippen LogP contribution in [0.3, 0.4) is 0 Å². The number of nitrogens with zero attached hydrogens (tertiary/aromatic N) is 1. The first-order valence-electron chi connectivity index (χ1n) is 7.97. The number of benzene rings is 1. The van der Waals surface area contributed by atoms with Gasteiger partial charge in [0.25, 0.3) is 0 Å². The Kier molecular flexibility index (Phi) is 4.55. The van der Waals surface area contributed by atoms with Crippen LogP contribution in [0.5, 0.6) is 0 Å². The monoisotopic (exact) mass is 331 g/mol. The molecule has 2 aromatic rings. The molecule has 22 heavy (non-hydrogen) atoms. The average molecular weight is 332 g/mol. The predicted octanol–water partition coefficient (Wildman–Crippen LogP) is 4.70. The summed E-state index contributed by atoms with van der Waals surface area (Å²) in [6.45, 7) is 10.0. The molecule has 1 atom stereocenters. The van der Waals surface area contributed by atoms with Crippen molar-refractivity contribution in [3.63, 3.8) is 0 Å². The maximum Gasteiger partial charge on any atom is 0.185 e. The van der Waals surface area contributed by atoms with Crippen molar-refractivity contribution in [2.24, 2.45) is 0 Å². The highest BCUT2D eigenvalue weighted by Crippen LogP contribution is 2.40. The number of thiophene rings is 1. The highest BCUT2D eigenvalue weighted by molar-refractivity contribution is 7.10. The van der Waals surface area contributed by atoms with Crippen LogP contribution in [0.2, 0.25) is 19.6 Å². The van der Waals surface area contributed by atoms with Crippen LogP contribution in [0.4, 0.5) is 0 Å². The molecule has 0 amide bonds. The molecule has 4 heteroatoms. The van der Waals surface area contributed by atoms with E-state index in [0.29, 0.717) is 0 Å². The van der Waals surface area contributed by atoms with Gasteiger partial charge in [0.1, 0.15) is 5.60 Å². The zero-order chi connectivity index (χ0) is 15.6. The van der Waals surface area contributed by atoms with Gasteiger partial charge in [-0.2, -0.15) is 0 Å². The van der Waals surface area contributed by atoms with E-state index in [1.165, 1.54) is 10.4 Å². The Morgan fingerprint density at radius 2 is 1.91 bits per heavy atom. The molecular formula is C18H25NOSSi. The molecule has 3 rings (SSSR count). The van der Waals surface area contributed by atoms with Gasteiger partial charge in [-0.15, -0.1) is 11.3 Å². The van der Waals surface area contributed by atoms with Crippen molar-refractivity contribution in [3.8, 4) is 0 Å². The lowest BCUT2D eigenvalue weighted by Crippen LogP contribution is -2.42. The van der Waals surface area contributed by atoms with Crippen molar-refractivity contribution in [3.05, 3.63) is 58.3 Å². The number of hydrogen-bond acceptors (Lipinski definition) is 3. The van der Waals surface area contributed by atoms with Gasteiger partial charge in [-0.3, -0.25) is 4.90 Å². The number of hydrogen-bond donors (Lipinski definition) is 0. The van der Waals surface area contributed by atoms with Crippen molar-refractivity contribution in [1.82, 2.24) is 4.90 Å². The molecule has 1 unspecified atom stereocenters. The van der Waals surface area contributed by atoms with Crippen molar-refractivity contribution in [2.75, 3.05) is 13.1 Å². The predicted molar refractivity (Wildman–Crippen MR) is 96.8 cm³/mol. The molecule has 1 aliphatic rings. The van der Waals surface area contributed by atoms with Crippen molar-refractivity contribution < 1.29 is 4.43 Å². The Balaban J connectivity index is 1.78. The Bertz CT molecular complexity index is 593. The summed E-state index contributed by atoms with van der Waals surface area (Å²) in [5.41, 5.74) is 1.30. The molecule has 118 valence electrons. The summed E-state index contributed by atoms with van der Waals surface area (Å²) in [4.78, 5) is 3.93. The van der Waals surface area contributed by atoms with Crippen molar-refractivity contribution in [1.29, 1.82) is 0 Å². The number of rotatable bonds is 5. The lowest BCUT2D eigenvalue weighted by atomic mass is 10.0. The first kappa shape index (κ1) is 15.9. The number of likely N-dealkylation sites (tertiary alicyclic amines) is 1. The van der Waals surface area contributed by atoms with Gasteiger partial charge < -0.3 is 4.43 Å². The van der Waals surface area contributed by atoms with Crippen LogP contribution < -0.4 is 0 Å². The van der Waals surface area contributed by atoms with E-state index in [4.69, 9.17) is 4.43 Å². The summed E-state index contributed by atoms with van der Waals surface area (Å²) >= 11 is 1.84. The molecule has 1 aromatic carbocycles. The molecule has 1 aromatic heterocycles. The molecule has 0 saturated carbocycles. The molecule has 1 saturated heterocycles. The molecule has 2 heterocycles. The van der Waals surface area contributed by atoms with Gasteiger partial charge in [-0.1, -0.05) is 36.4 Å². The minimum atomic E-state index is -1.59. The highest BCUT2D eigenvalue weighted by atomic mass is 32.1. The van der Waals surface area contributed by atoms with Crippen LogP contribution in [0, 0.1) is 0 Å². The first-order valence-corrected chi connectivity index (χ1v) is 12.3. The normalized spacial score (nSPS) is 23.0. The van der Waals surface area contributed by atoms with E-state index in [-0.39, 0.29) is 5.60 Å². The van der Waals surface area contributed by atoms with Gasteiger partial charge in [0, 0.05) is 24.5 Å². The third-order valence-electron chi connectivity index (χ3n) is 4.03. The largest absolute Gasteiger partial charge is 0.406 e. The molecule has 0 aliphatic carbocycles. The Labute approximate surface area is 138 Å². The third kappa shape index (κ3) is 3.69. The van der Waals surface area contributed by atoms with Crippen LogP contribution >= 0.6 is 11.3 Å². The van der Waals surface area contributed by atoms with E-state index in [2.05, 4.69) is 72.4 Å². The van der Waals surface area contributed by atoms with Gasteiger partial charge in [-0.05, 0) is 43.1 Å². The standard InChI is InChI=1S/C18H25NOSSi/c1-22(2,3)20-18(17-10-7-13-21-17)11-12-19(15-18)14-16-8-5-4-6-9-16/h4-10,13H,11-12,14-15H2,1-3H3. The molecular weight excluding hydrogens is 306 g/mol. The Hall–Kier alpha value is -0.943. The molecule has 0 bridgehead atoms. The zero-order valence-corrected chi connectivity index (χ0v) is 15.5. The van der Waals surface area contributed by atoms with E-state index >= 15 is 0 Å². The summed E-state index contributed by atoms with van der Waals surface area (Å²) in [7, 11) is -1.59. The second kappa shape index (κ2) is 6.28. The third-order valence-corrected chi connectivity index (χ3v) is 6.09. The fraction of sp³-hybridized carbons (Fsp3) is 0.444. The van der Waals surface area contributed by atoms with Crippen LogP contribution in [-0.4, -0.2) is 26.3 Å². The minimum Gasteiger partial charge on any atom is -0.406 e. The summed E-state index contributed by atoms with van der Waals surface area (Å²) < 4.78 is 6.71. The van der Waals surface area contributed by atoms with Crippen LogP contribution in [-0.2, 0) is 16.6 Å². The van der Waals surface area contributed by atoms with Crippen LogP contribution in [0.25, 0.3) is 0 Å². The second-order valence-corrected chi connectivity index (χ2v) is 12.5.